The number of rotatable bonds is 5. The van der Waals surface area contributed by atoms with Crippen molar-refractivity contribution in [3.63, 3.8) is 0 Å². The number of nitrogens with zero attached hydrogens (tertiary/aromatic N) is 1. The first-order valence-corrected chi connectivity index (χ1v) is 10.1. The second-order valence-corrected chi connectivity index (χ2v) is 7.71. The lowest BCUT2D eigenvalue weighted by Crippen LogP contribution is -2.37. The van der Waals surface area contributed by atoms with Crippen LogP contribution in [0.2, 0.25) is 0 Å². The van der Waals surface area contributed by atoms with Crippen LogP contribution in [0.3, 0.4) is 0 Å². The van der Waals surface area contributed by atoms with Crippen molar-refractivity contribution in [2.45, 2.75) is 44.4 Å². The Hall–Kier alpha value is -3.02. The van der Waals surface area contributed by atoms with Gasteiger partial charge in [-0.3, -0.25) is 4.79 Å². The van der Waals surface area contributed by atoms with Crippen molar-refractivity contribution in [3.8, 4) is 0 Å². The number of benzene rings is 2. The van der Waals surface area contributed by atoms with Crippen molar-refractivity contribution in [1.29, 1.82) is 0 Å². The lowest BCUT2D eigenvalue weighted by atomic mass is 9.93. The number of carbonyl (C=O) groups excluding carboxylic acids is 2. The molecule has 0 aliphatic carbocycles. The zero-order chi connectivity index (χ0) is 20.2. The molecule has 1 fully saturated rings. The third-order valence-electron chi connectivity index (χ3n) is 5.64. The number of hydrogen-bond acceptors (Lipinski definition) is 5. The summed E-state index contributed by atoms with van der Waals surface area (Å²) < 4.78 is 11.0. The van der Waals surface area contributed by atoms with Gasteiger partial charge in [-0.15, -0.1) is 0 Å². The summed E-state index contributed by atoms with van der Waals surface area (Å²) in [4.78, 5) is 26.0. The minimum atomic E-state index is -0.354. The van der Waals surface area contributed by atoms with Gasteiger partial charge in [-0.2, -0.15) is 0 Å². The molecule has 29 heavy (non-hydrogen) atoms. The van der Waals surface area contributed by atoms with Gasteiger partial charge in [0.25, 0.3) is 0 Å². The molecule has 0 bridgehead atoms. The molecule has 0 aromatic heterocycles. The number of nitrogens with one attached hydrogen (secondary N) is 1. The monoisotopic (exact) mass is 394 g/mol. The second-order valence-electron chi connectivity index (χ2n) is 7.71. The molecule has 2 aliphatic heterocycles. The van der Waals surface area contributed by atoms with E-state index in [1.807, 2.05) is 42.5 Å². The third kappa shape index (κ3) is 4.53. The van der Waals surface area contributed by atoms with Crippen LogP contribution < -0.4 is 5.32 Å². The summed E-state index contributed by atoms with van der Waals surface area (Å²) in [5, 5.41) is 3.44. The van der Waals surface area contributed by atoms with E-state index in [-0.39, 0.29) is 30.8 Å². The Labute approximate surface area is 170 Å². The van der Waals surface area contributed by atoms with Crippen LogP contribution >= 0.6 is 0 Å². The first kappa shape index (κ1) is 19.3. The van der Waals surface area contributed by atoms with Crippen LogP contribution in [0.4, 0.5) is 10.5 Å². The van der Waals surface area contributed by atoms with Gasteiger partial charge in [-0.1, -0.05) is 48.5 Å². The van der Waals surface area contributed by atoms with Crippen LogP contribution in [0.25, 0.3) is 0 Å². The van der Waals surface area contributed by atoms with Crippen LogP contribution in [0.1, 0.15) is 36.8 Å². The predicted octanol–water partition coefficient (Wildman–Crippen LogP) is 3.93. The lowest BCUT2D eigenvalue weighted by molar-refractivity contribution is -0.145. The minimum Gasteiger partial charge on any atom is -0.461 e. The maximum atomic E-state index is 12.8. The molecule has 152 valence electrons. The van der Waals surface area contributed by atoms with Gasteiger partial charge in [-0.25, -0.2) is 4.79 Å². The van der Waals surface area contributed by atoms with Crippen LogP contribution in [-0.4, -0.2) is 42.2 Å². The maximum Gasteiger partial charge on any atom is 0.410 e. The van der Waals surface area contributed by atoms with Crippen LogP contribution in [-0.2, 0) is 20.9 Å². The molecule has 0 saturated carbocycles. The molecular weight excluding hydrogens is 368 g/mol. The number of esters is 1. The van der Waals surface area contributed by atoms with Gasteiger partial charge in [-0.05, 0) is 23.6 Å². The summed E-state index contributed by atoms with van der Waals surface area (Å²) in [6, 6.07) is 17.9. The normalized spacial score (nSPS) is 22.7. The van der Waals surface area contributed by atoms with Crippen molar-refractivity contribution < 1.29 is 19.1 Å². The quantitative estimate of drug-likeness (QED) is 0.779. The molecule has 2 aliphatic rings. The topological polar surface area (TPSA) is 67.9 Å². The van der Waals surface area contributed by atoms with Crippen molar-refractivity contribution in [2.24, 2.45) is 0 Å². The van der Waals surface area contributed by atoms with E-state index < -0.39 is 0 Å². The molecule has 1 saturated heterocycles. The van der Waals surface area contributed by atoms with E-state index in [9.17, 15) is 9.59 Å². The summed E-state index contributed by atoms with van der Waals surface area (Å²) >= 11 is 0. The average molecular weight is 394 g/mol. The Morgan fingerprint density at radius 1 is 1.10 bits per heavy atom. The van der Waals surface area contributed by atoms with Gasteiger partial charge in [0.05, 0.1) is 6.54 Å². The Bertz CT molecular complexity index is 870. The summed E-state index contributed by atoms with van der Waals surface area (Å²) in [6.45, 7) is 2.86. The third-order valence-corrected chi connectivity index (χ3v) is 5.64. The number of amides is 1. The fourth-order valence-electron chi connectivity index (χ4n) is 4.34. The summed E-state index contributed by atoms with van der Waals surface area (Å²) in [7, 11) is 0. The Kier molecular flexibility index (Phi) is 5.69. The van der Waals surface area contributed by atoms with E-state index in [1.165, 1.54) is 12.5 Å². The summed E-state index contributed by atoms with van der Waals surface area (Å²) in [5.41, 5.74) is 3.38. The van der Waals surface area contributed by atoms with Gasteiger partial charge in [0.15, 0.2) is 0 Å². The van der Waals surface area contributed by atoms with E-state index in [0.717, 1.165) is 24.2 Å². The minimum absolute atomic E-state index is 0.0272. The highest BCUT2D eigenvalue weighted by Gasteiger charge is 2.40. The lowest BCUT2D eigenvalue weighted by Gasteiger charge is -2.26. The van der Waals surface area contributed by atoms with E-state index in [2.05, 4.69) is 17.4 Å². The molecule has 3 atom stereocenters. The largest absolute Gasteiger partial charge is 0.461 e. The first-order chi connectivity index (χ1) is 14.1. The van der Waals surface area contributed by atoms with E-state index >= 15 is 0 Å². The summed E-state index contributed by atoms with van der Waals surface area (Å²) in [5.74, 6) is -0.00201. The van der Waals surface area contributed by atoms with Gasteiger partial charge in [0, 0.05) is 37.5 Å². The second kappa shape index (κ2) is 8.55. The van der Waals surface area contributed by atoms with Crippen molar-refractivity contribution in [3.05, 3.63) is 65.7 Å². The number of hydrogen-bond donors (Lipinski definition) is 1. The molecule has 6 nitrogen and oxygen atoms in total. The molecule has 2 aromatic carbocycles. The molecule has 2 aromatic rings. The van der Waals surface area contributed by atoms with Crippen molar-refractivity contribution in [2.75, 3.05) is 18.4 Å². The number of para-hydroxylation sites is 1. The van der Waals surface area contributed by atoms with Gasteiger partial charge >= 0.3 is 12.1 Å². The van der Waals surface area contributed by atoms with E-state index in [0.29, 0.717) is 18.9 Å². The number of likely N-dealkylation sites (tertiary alicyclic amines) is 1. The molecule has 1 amide bonds. The van der Waals surface area contributed by atoms with Crippen LogP contribution in [0, 0.1) is 0 Å². The zero-order valence-corrected chi connectivity index (χ0v) is 16.5. The predicted molar refractivity (Wildman–Crippen MR) is 110 cm³/mol. The van der Waals surface area contributed by atoms with E-state index in [4.69, 9.17) is 9.47 Å². The van der Waals surface area contributed by atoms with Gasteiger partial charge < -0.3 is 19.7 Å². The van der Waals surface area contributed by atoms with Crippen molar-refractivity contribution in [1.82, 2.24) is 4.90 Å². The maximum absolute atomic E-state index is 12.8. The molecule has 4 rings (SSSR count). The Morgan fingerprint density at radius 3 is 2.66 bits per heavy atom. The SMILES string of the molecule is CC(=O)O[C@H]1C[C@@H](C[C@H]2CNc3ccccc32)N(C(=O)OCc2ccccc2)C1. The fourth-order valence-corrected chi connectivity index (χ4v) is 4.34. The molecule has 0 spiro atoms. The average Bonchev–Trinajstić information content (AvgIpc) is 3.31. The Balaban J connectivity index is 1.44. The molecule has 0 radical (unpaired) electrons. The highest BCUT2D eigenvalue weighted by atomic mass is 16.6. The fraction of sp³-hybridized carbons (Fsp3) is 0.391. The standard InChI is InChI=1S/C23H26N2O4/c1-16(26)29-20-12-19(11-18-13-24-22-10-6-5-9-21(18)22)25(14-20)23(27)28-15-17-7-3-2-4-8-17/h2-10,18-20,24H,11-15H2,1H3/t18-,19+,20-/m0/s1. The molecule has 0 unspecified atom stereocenters. The van der Waals surface area contributed by atoms with Crippen molar-refractivity contribution >= 4 is 17.7 Å². The smallest absolute Gasteiger partial charge is 0.410 e. The number of anilines is 1. The summed E-state index contributed by atoms with van der Waals surface area (Å²) in [6.07, 6.45) is 0.806. The molecule has 6 heteroatoms. The van der Waals surface area contributed by atoms with Gasteiger partial charge in [0.2, 0.25) is 0 Å². The molecule has 1 N–H and O–H groups in total. The molecular formula is C23H26N2O4. The number of ether oxygens (including phenoxy) is 2. The highest BCUT2D eigenvalue weighted by Crippen LogP contribution is 2.37. The first-order valence-electron chi connectivity index (χ1n) is 10.1. The van der Waals surface area contributed by atoms with Crippen LogP contribution in [0.5, 0.6) is 0 Å². The highest BCUT2D eigenvalue weighted by molar-refractivity contribution is 5.69. The Morgan fingerprint density at radius 2 is 1.86 bits per heavy atom. The number of fused-ring (bicyclic) bond motifs is 1. The number of carbonyl (C=O) groups is 2. The molecule has 2 heterocycles. The van der Waals surface area contributed by atoms with Crippen LogP contribution in [0.15, 0.2) is 54.6 Å². The zero-order valence-electron chi connectivity index (χ0n) is 16.5. The van der Waals surface area contributed by atoms with E-state index in [1.54, 1.807) is 4.90 Å². The van der Waals surface area contributed by atoms with Gasteiger partial charge in [0.1, 0.15) is 12.7 Å².